The lowest BCUT2D eigenvalue weighted by Crippen LogP contribution is -2.43. The maximum absolute atomic E-state index is 12.6. The number of amides is 2. The van der Waals surface area contributed by atoms with Crippen LogP contribution in [0.1, 0.15) is 37.3 Å². The van der Waals surface area contributed by atoms with Gasteiger partial charge >= 0.3 is 0 Å². The van der Waals surface area contributed by atoms with Crippen LogP contribution in [0.5, 0.6) is 0 Å². The van der Waals surface area contributed by atoms with Crippen molar-refractivity contribution < 1.29 is 9.59 Å². The van der Waals surface area contributed by atoms with Crippen LogP contribution in [0, 0.1) is 5.41 Å². The number of piperidine rings is 1. The highest BCUT2D eigenvalue weighted by Crippen LogP contribution is 2.57. The molecule has 1 saturated heterocycles. The van der Waals surface area contributed by atoms with Crippen molar-refractivity contribution in [3.05, 3.63) is 52.5 Å². The summed E-state index contributed by atoms with van der Waals surface area (Å²) in [6, 6.07) is 6.23. The van der Waals surface area contributed by atoms with Crippen LogP contribution < -0.4 is 0 Å². The highest BCUT2D eigenvalue weighted by molar-refractivity contribution is 7.07. The molecule has 5 nitrogen and oxygen atoms in total. The molecule has 2 amide bonds. The zero-order valence-electron chi connectivity index (χ0n) is 15.6. The number of pyridine rings is 1. The van der Waals surface area contributed by atoms with Gasteiger partial charge in [0.2, 0.25) is 11.8 Å². The van der Waals surface area contributed by atoms with E-state index >= 15 is 0 Å². The number of likely N-dealkylation sites (tertiary alicyclic amines) is 1. The lowest BCUT2D eigenvalue weighted by atomic mass is 9.92. The molecule has 0 bridgehead atoms. The van der Waals surface area contributed by atoms with Crippen molar-refractivity contribution >= 4 is 23.2 Å². The molecule has 0 N–H and O–H groups in total. The number of carbonyl (C=O) groups excluding carboxylic acids is 2. The molecule has 2 fully saturated rings. The third-order valence-electron chi connectivity index (χ3n) is 6.05. The first kappa shape index (κ1) is 18.2. The van der Waals surface area contributed by atoms with Crippen molar-refractivity contribution in [2.75, 3.05) is 13.1 Å². The topological polar surface area (TPSA) is 53.5 Å². The van der Waals surface area contributed by atoms with Crippen LogP contribution in [0.4, 0.5) is 0 Å². The number of rotatable bonds is 5. The van der Waals surface area contributed by atoms with Gasteiger partial charge in [-0.05, 0) is 58.7 Å². The van der Waals surface area contributed by atoms with Crippen LogP contribution in [0.15, 0.2) is 41.4 Å². The number of carbonyl (C=O) groups is 2. The summed E-state index contributed by atoms with van der Waals surface area (Å²) in [5, 5.41) is 4.17. The summed E-state index contributed by atoms with van der Waals surface area (Å²) in [6.45, 7) is 3.96. The molecule has 2 aromatic heterocycles. The standard InChI is InChI=1S/C21H25N3O2S/c1-16(25)24(14-18-4-10-27-15-18)19-12-21(19)5-8-23(9-6-21)20(26)11-17-3-2-7-22-13-17/h2-4,7,10,13,15,19H,5-6,8-9,11-12,14H2,1H3. The first-order valence-corrected chi connectivity index (χ1v) is 10.5. The maximum Gasteiger partial charge on any atom is 0.227 e. The van der Waals surface area contributed by atoms with Crippen molar-refractivity contribution in [1.29, 1.82) is 0 Å². The zero-order chi connectivity index (χ0) is 18.9. The van der Waals surface area contributed by atoms with Crippen LogP contribution in [0.25, 0.3) is 0 Å². The number of thiophene rings is 1. The largest absolute Gasteiger partial charge is 0.342 e. The molecule has 0 aromatic carbocycles. The molecule has 2 aliphatic rings. The summed E-state index contributed by atoms with van der Waals surface area (Å²) in [5.74, 6) is 0.329. The van der Waals surface area contributed by atoms with E-state index in [9.17, 15) is 9.59 Å². The minimum absolute atomic E-state index is 0.151. The van der Waals surface area contributed by atoms with Crippen LogP contribution in [0.3, 0.4) is 0 Å². The van der Waals surface area contributed by atoms with Gasteiger partial charge in [-0.2, -0.15) is 11.3 Å². The van der Waals surface area contributed by atoms with Crippen molar-refractivity contribution in [2.45, 2.75) is 45.2 Å². The monoisotopic (exact) mass is 383 g/mol. The first-order chi connectivity index (χ1) is 13.1. The molecule has 1 spiro atoms. The van der Waals surface area contributed by atoms with Gasteiger partial charge in [0.25, 0.3) is 0 Å². The number of hydrogen-bond donors (Lipinski definition) is 0. The highest BCUT2D eigenvalue weighted by atomic mass is 32.1. The zero-order valence-corrected chi connectivity index (χ0v) is 16.5. The van der Waals surface area contributed by atoms with E-state index in [4.69, 9.17) is 0 Å². The van der Waals surface area contributed by atoms with E-state index in [-0.39, 0.29) is 17.2 Å². The normalized spacial score (nSPS) is 20.5. The smallest absolute Gasteiger partial charge is 0.227 e. The average molecular weight is 384 g/mol. The predicted octanol–water partition coefficient (Wildman–Crippen LogP) is 3.12. The van der Waals surface area contributed by atoms with Gasteiger partial charge in [-0.3, -0.25) is 14.6 Å². The molecule has 1 aliphatic carbocycles. The van der Waals surface area contributed by atoms with Gasteiger partial charge in [0.05, 0.1) is 6.42 Å². The Balaban J connectivity index is 1.33. The van der Waals surface area contributed by atoms with E-state index in [1.165, 1.54) is 5.56 Å². The van der Waals surface area contributed by atoms with Gasteiger partial charge in [0, 0.05) is 45.0 Å². The Morgan fingerprint density at radius 2 is 2.11 bits per heavy atom. The summed E-state index contributed by atoms with van der Waals surface area (Å²) < 4.78 is 0. The Bertz CT molecular complexity index is 798. The second-order valence-electron chi connectivity index (χ2n) is 7.78. The van der Waals surface area contributed by atoms with Crippen molar-refractivity contribution in [3.8, 4) is 0 Å². The Labute approximate surface area is 164 Å². The summed E-state index contributed by atoms with van der Waals surface area (Å²) in [7, 11) is 0. The molecule has 3 heterocycles. The second-order valence-corrected chi connectivity index (χ2v) is 8.56. The van der Waals surface area contributed by atoms with Crippen LogP contribution in [-0.4, -0.2) is 45.7 Å². The van der Waals surface area contributed by atoms with Crippen molar-refractivity contribution in [1.82, 2.24) is 14.8 Å². The lowest BCUT2D eigenvalue weighted by molar-refractivity contribution is -0.134. The van der Waals surface area contributed by atoms with Crippen molar-refractivity contribution in [2.24, 2.45) is 5.41 Å². The molecular formula is C21H25N3O2S. The fraction of sp³-hybridized carbons (Fsp3) is 0.476. The molecule has 1 unspecified atom stereocenters. The summed E-state index contributed by atoms with van der Waals surface area (Å²) in [5.41, 5.74) is 2.39. The molecule has 142 valence electrons. The van der Waals surface area contributed by atoms with E-state index < -0.39 is 0 Å². The Kier molecular flexibility index (Phi) is 5.00. The molecule has 1 atom stereocenters. The molecule has 6 heteroatoms. The summed E-state index contributed by atoms with van der Waals surface area (Å²) in [4.78, 5) is 32.9. The molecule has 0 radical (unpaired) electrons. The molecule has 2 aromatic rings. The van der Waals surface area contributed by atoms with Gasteiger partial charge in [-0.1, -0.05) is 6.07 Å². The number of hydrogen-bond acceptors (Lipinski definition) is 4. The third kappa shape index (κ3) is 3.90. The van der Waals surface area contributed by atoms with Gasteiger partial charge in [0.15, 0.2) is 0 Å². The van der Waals surface area contributed by atoms with E-state index in [1.807, 2.05) is 21.9 Å². The van der Waals surface area contributed by atoms with E-state index in [0.717, 1.165) is 37.9 Å². The van der Waals surface area contributed by atoms with Crippen LogP contribution >= 0.6 is 11.3 Å². The van der Waals surface area contributed by atoms with E-state index in [2.05, 4.69) is 21.8 Å². The third-order valence-corrected chi connectivity index (χ3v) is 6.78. The summed E-state index contributed by atoms with van der Waals surface area (Å²) in [6.07, 6.45) is 6.95. The average Bonchev–Trinajstić information content (AvgIpc) is 3.10. The molecular weight excluding hydrogens is 358 g/mol. The van der Waals surface area contributed by atoms with Gasteiger partial charge < -0.3 is 9.80 Å². The quantitative estimate of drug-likeness (QED) is 0.797. The molecule has 4 rings (SSSR count). The minimum atomic E-state index is 0.151. The molecule has 1 saturated carbocycles. The van der Waals surface area contributed by atoms with Crippen molar-refractivity contribution in [3.63, 3.8) is 0 Å². The Hall–Kier alpha value is -2.21. The molecule has 1 aliphatic heterocycles. The van der Waals surface area contributed by atoms with Crippen LogP contribution in [0.2, 0.25) is 0 Å². The van der Waals surface area contributed by atoms with Crippen LogP contribution in [-0.2, 0) is 22.6 Å². The SMILES string of the molecule is CC(=O)N(Cc1ccsc1)C1CC12CCN(C(=O)Cc1cccnc1)CC2. The highest BCUT2D eigenvalue weighted by Gasteiger charge is 2.58. The Morgan fingerprint density at radius 1 is 1.30 bits per heavy atom. The minimum Gasteiger partial charge on any atom is -0.342 e. The van der Waals surface area contributed by atoms with E-state index in [0.29, 0.717) is 19.0 Å². The first-order valence-electron chi connectivity index (χ1n) is 9.52. The number of nitrogens with zero attached hydrogens (tertiary/aromatic N) is 3. The molecule has 27 heavy (non-hydrogen) atoms. The summed E-state index contributed by atoms with van der Waals surface area (Å²) >= 11 is 1.67. The van der Waals surface area contributed by atoms with Gasteiger partial charge in [0.1, 0.15) is 0 Å². The Morgan fingerprint density at radius 3 is 2.74 bits per heavy atom. The maximum atomic E-state index is 12.6. The fourth-order valence-electron chi connectivity index (χ4n) is 4.32. The van der Waals surface area contributed by atoms with Gasteiger partial charge in [-0.15, -0.1) is 0 Å². The number of aromatic nitrogens is 1. The van der Waals surface area contributed by atoms with E-state index in [1.54, 1.807) is 30.7 Å². The predicted molar refractivity (Wildman–Crippen MR) is 105 cm³/mol. The van der Waals surface area contributed by atoms with Gasteiger partial charge in [-0.25, -0.2) is 0 Å². The fourth-order valence-corrected chi connectivity index (χ4v) is 4.97. The lowest BCUT2D eigenvalue weighted by Gasteiger charge is -2.34. The second kappa shape index (κ2) is 7.43.